The summed E-state index contributed by atoms with van der Waals surface area (Å²) in [4.78, 5) is 25.0. The molecule has 1 aliphatic rings. The van der Waals surface area contributed by atoms with Crippen molar-refractivity contribution >= 4 is 17.6 Å². The van der Waals surface area contributed by atoms with Gasteiger partial charge >= 0.3 is 5.97 Å². The number of likely N-dealkylation sites (N-methyl/N-ethyl adjacent to an activating group) is 1. The van der Waals surface area contributed by atoms with Crippen LogP contribution in [0.2, 0.25) is 0 Å². The van der Waals surface area contributed by atoms with Crippen molar-refractivity contribution in [2.24, 2.45) is 0 Å². The van der Waals surface area contributed by atoms with Crippen LogP contribution in [0, 0.1) is 0 Å². The molecule has 200 valence electrons. The maximum atomic E-state index is 12.2. The molecule has 0 aromatic heterocycles. The van der Waals surface area contributed by atoms with Gasteiger partial charge in [0.05, 0.1) is 18.8 Å². The Morgan fingerprint density at radius 3 is 2.35 bits per heavy atom. The molecule has 0 bridgehead atoms. The number of hydrogen-bond donors (Lipinski definition) is 3. The maximum Gasteiger partial charge on any atom is 0.303 e. The van der Waals surface area contributed by atoms with Crippen LogP contribution in [0.3, 0.4) is 0 Å². The lowest BCUT2D eigenvalue weighted by molar-refractivity contribution is -0.252. The number of aliphatic hydroxyl groups excluding tert-OH is 1. The predicted molar refractivity (Wildman–Crippen MR) is 142 cm³/mol. The van der Waals surface area contributed by atoms with Crippen LogP contribution in [0.15, 0.2) is 61.2 Å². The Balaban J connectivity index is 1.62. The number of unbranched alkanes of at least 4 members (excludes halogenated alkanes) is 2. The number of carboxylic acid groups (broad SMARTS) is 1. The number of carboxylic acids is 1. The largest absolute Gasteiger partial charge is 0.481 e. The average Bonchev–Trinajstić information content (AvgIpc) is 2.88. The third kappa shape index (κ3) is 9.40. The highest BCUT2D eigenvalue weighted by atomic mass is 16.7. The van der Waals surface area contributed by atoms with Crippen molar-refractivity contribution in [1.82, 2.24) is 4.90 Å². The molecule has 1 fully saturated rings. The van der Waals surface area contributed by atoms with Crippen molar-refractivity contribution in [1.29, 1.82) is 0 Å². The van der Waals surface area contributed by atoms with Gasteiger partial charge in [-0.05, 0) is 43.1 Å². The summed E-state index contributed by atoms with van der Waals surface area (Å²) in [5, 5.41) is 21.0. The topological polar surface area (TPSA) is 108 Å². The summed E-state index contributed by atoms with van der Waals surface area (Å²) in [5.74, 6) is -0.901. The number of anilines is 1. The molecule has 3 atom stereocenters. The molecule has 2 aromatic carbocycles. The first-order chi connectivity index (χ1) is 17.9. The molecule has 8 nitrogen and oxygen atoms in total. The van der Waals surface area contributed by atoms with Gasteiger partial charge in [-0.1, -0.05) is 48.9 Å². The van der Waals surface area contributed by atoms with Crippen molar-refractivity contribution in [2.75, 3.05) is 25.5 Å². The minimum atomic E-state index is -0.809. The van der Waals surface area contributed by atoms with Gasteiger partial charge in [-0.15, -0.1) is 6.58 Å². The highest BCUT2D eigenvalue weighted by Crippen LogP contribution is 2.38. The lowest BCUT2D eigenvalue weighted by Crippen LogP contribution is -2.37. The monoisotopic (exact) mass is 510 g/mol. The molecule has 3 N–H and O–H groups in total. The van der Waals surface area contributed by atoms with Crippen LogP contribution in [0.4, 0.5) is 5.69 Å². The summed E-state index contributed by atoms with van der Waals surface area (Å²) >= 11 is 0. The Morgan fingerprint density at radius 2 is 1.70 bits per heavy atom. The summed E-state index contributed by atoms with van der Waals surface area (Å²) in [6, 6.07) is 15.3. The van der Waals surface area contributed by atoms with E-state index in [4.69, 9.17) is 14.6 Å². The normalized spacial score (nSPS) is 19.5. The molecule has 3 rings (SSSR count). The number of hydrogen-bond acceptors (Lipinski definition) is 6. The van der Waals surface area contributed by atoms with E-state index >= 15 is 0 Å². The Labute approximate surface area is 218 Å². The molecule has 8 heteroatoms. The summed E-state index contributed by atoms with van der Waals surface area (Å²) in [6.07, 6.45) is 4.24. The molecule has 0 unspecified atom stereocenters. The molecule has 1 heterocycles. The number of benzene rings is 2. The highest BCUT2D eigenvalue weighted by molar-refractivity contribution is 5.90. The van der Waals surface area contributed by atoms with Crippen molar-refractivity contribution in [3.8, 4) is 0 Å². The van der Waals surface area contributed by atoms with Crippen LogP contribution >= 0.6 is 0 Å². The van der Waals surface area contributed by atoms with Crippen LogP contribution < -0.4 is 5.32 Å². The standard InChI is InChI=1S/C29H38N2O6/c1-3-17-31(2)19-25-18-26(22-11-9-21(20-32)10-12-22)37-29(36-25)23-13-15-24(16-14-23)30-27(33)7-5-4-6-8-28(34)35/h3,9-16,25-26,29,32H,1,4-8,17-20H2,2H3,(H,30,33)(H,34,35)/t25-,26+,29+/m1/s1. The molecular formula is C29H38N2O6. The molecule has 2 aromatic rings. The van der Waals surface area contributed by atoms with E-state index in [0.29, 0.717) is 37.8 Å². The Hall–Kier alpha value is -3.04. The van der Waals surface area contributed by atoms with Crippen LogP contribution in [0.25, 0.3) is 0 Å². The minimum absolute atomic E-state index is 0.000122. The zero-order valence-corrected chi connectivity index (χ0v) is 21.5. The smallest absolute Gasteiger partial charge is 0.303 e. The summed E-state index contributed by atoms with van der Waals surface area (Å²) in [7, 11) is 2.03. The second kappa shape index (κ2) is 14.6. The van der Waals surface area contributed by atoms with E-state index in [2.05, 4.69) is 16.8 Å². The first kappa shape index (κ1) is 28.5. The highest BCUT2D eigenvalue weighted by Gasteiger charge is 2.32. The fourth-order valence-electron chi connectivity index (χ4n) is 4.36. The SMILES string of the molecule is C=CCN(C)C[C@H]1C[C@@H](c2ccc(CO)cc2)O[C@@H](c2ccc(NC(=O)CCCCCC(=O)O)cc2)O1. The quantitative estimate of drug-likeness (QED) is 0.247. The van der Waals surface area contributed by atoms with Gasteiger partial charge in [-0.25, -0.2) is 0 Å². The van der Waals surface area contributed by atoms with E-state index in [0.717, 1.165) is 29.8 Å². The number of nitrogens with one attached hydrogen (secondary N) is 1. The number of carbonyl (C=O) groups excluding carboxylic acids is 1. The number of carbonyl (C=O) groups is 2. The number of ether oxygens (including phenoxy) is 2. The fraction of sp³-hybridized carbons (Fsp3) is 0.448. The van der Waals surface area contributed by atoms with Gasteiger partial charge in [-0.3, -0.25) is 9.59 Å². The van der Waals surface area contributed by atoms with Gasteiger partial charge in [0.1, 0.15) is 0 Å². The molecule has 1 amide bonds. The number of aliphatic carboxylic acids is 1. The van der Waals surface area contributed by atoms with Gasteiger partial charge in [0.15, 0.2) is 6.29 Å². The number of rotatable bonds is 14. The van der Waals surface area contributed by atoms with Crippen molar-refractivity contribution in [2.45, 2.75) is 63.6 Å². The number of amides is 1. The Kier molecular flexibility index (Phi) is 11.3. The second-order valence-corrected chi connectivity index (χ2v) is 9.48. The zero-order chi connectivity index (χ0) is 26.6. The third-order valence-corrected chi connectivity index (χ3v) is 6.33. The van der Waals surface area contributed by atoms with E-state index in [9.17, 15) is 14.7 Å². The number of aliphatic hydroxyl groups is 1. The van der Waals surface area contributed by atoms with Crippen LogP contribution in [0.1, 0.15) is 67.6 Å². The van der Waals surface area contributed by atoms with E-state index in [-0.39, 0.29) is 31.1 Å². The predicted octanol–water partition coefficient (Wildman–Crippen LogP) is 4.82. The van der Waals surface area contributed by atoms with Gasteiger partial charge in [0.25, 0.3) is 0 Å². The van der Waals surface area contributed by atoms with Crippen molar-refractivity contribution in [3.05, 3.63) is 77.9 Å². The minimum Gasteiger partial charge on any atom is -0.481 e. The molecule has 37 heavy (non-hydrogen) atoms. The van der Waals surface area contributed by atoms with Crippen molar-refractivity contribution < 1.29 is 29.3 Å². The molecule has 0 spiro atoms. The summed E-state index contributed by atoms with van der Waals surface area (Å²) < 4.78 is 12.7. The summed E-state index contributed by atoms with van der Waals surface area (Å²) in [6.45, 7) is 5.31. The van der Waals surface area contributed by atoms with Gasteiger partial charge < -0.3 is 29.9 Å². The van der Waals surface area contributed by atoms with E-state index in [1.54, 1.807) is 0 Å². The third-order valence-electron chi connectivity index (χ3n) is 6.33. The molecule has 0 saturated carbocycles. The Morgan fingerprint density at radius 1 is 1.03 bits per heavy atom. The zero-order valence-electron chi connectivity index (χ0n) is 21.5. The molecular weight excluding hydrogens is 472 g/mol. The van der Waals surface area contributed by atoms with Crippen LogP contribution in [0.5, 0.6) is 0 Å². The first-order valence-electron chi connectivity index (χ1n) is 12.8. The molecule has 0 aliphatic carbocycles. The first-order valence-corrected chi connectivity index (χ1v) is 12.8. The van der Waals surface area contributed by atoms with Gasteiger partial charge in [0.2, 0.25) is 5.91 Å². The average molecular weight is 511 g/mol. The maximum absolute atomic E-state index is 12.2. The van der Waals surface area contributed by atoms with Crippen molar-refractivity contribution in [3.63, 3.8) is 0 Å². The Bertz CT molecular complexity index is 1010. The van der Waals surface area contributed by atoms with Crippen LogP contribution in [-0.2, 0) is 25.7 Å². The fourth-order valence-corrected chi connectivity index (χ4v) is 4.36. The molecule has 1 aliphatic heterocycles. The molecule has 1 saturated heterocycles. The lowest BCUT2D eigenvalue weighted by Gasteiger charge is -2.37. The lowest BCUT2D eigenvalue weighted by atomic mass is 9.99. The second-order valence-electron chi connectivity index (χ2n) is 9.48. The van der Waals surface area contributed by atoms with E-state index in [1.165, 1.54) is 0 Å². The van der Waals surface area contributed by atoms with E-state index in [1.807, 2.05) is 61.7 Å². The van der Waals surface area contributed by atoms with Gasteiger partial charge in [-0.2, -0.15) is 0 Å². The van der Waals surface area contributed by atoms with Crippen LogP contribution in [-0.4, -0.2) is 53.2 Å². The van der Waals surface area contributed by atoms with Gasteiger partial charge in [0, 0.05) is 43.6 Å². The molecule has 0 radical (unpaired) electrons. The van der Waals surface area contributed by atoms with E-state index < -0.39 is 12.3 Å². The summed E-state index contributed by atoms with van der Waals surface area (Å²) in [5.41, 5.74) is 3.44. The number of nitrogens with zero attached hydrogens (tertiary/aromatic N) is 1.